The van der Waals surface area contributed by atoms with Crippen molar-refractivity contribution in [2.24, 2.45) is 0 Å². The van der Waals surface area contributed by atoms with Gasteiger partial charge in [0.1, 0.15) is 10.8 Å². The zero-order valence-electron chi connectivity index (χ0n) is 15.5. The monoisotopic (exact) mass is 410 g/mol. The first-order valence-corrected chi connectivity index (χ1v) is 9.59. The summed E-state index contributed by atoms with van der Waals surface area (Å²) in [4.78, 5) is 29.0. The molecule has 2 heterocycles. The minimum absolute atomic E-state index is 0.0614. The number of hydrogen-bond acceptors (Lipinski definition) is 5. The van der Waals surface area contributed by atoms with Crippen LogP contribution in [-0.2, 0) is 0 Å². The first kappa shape index (κ1) is 19.0. The van der Waals surface area contributed by atoms with Gasteiger partial charge < -0.3 is 14.9 Å². The van der Waals surface area contributed by atoms with Gasteiger partial charge in [0, 0.05) is 31.7 Å². The van der Waals surface area contributed by atoms with Crippen molar-refractivity contribution in [3.63, 3.8) is 0 Å². The largest absolute Gasteiger partial charge is 0.508 e. The SMILES string of the molecule is O=C(c1cccc(O)c1)N1CCN(c2cnn(-c3ccccc3)c(=O)c2Cl)CC1. The minimum atomic E-state index is -0.381. The molecule has 3 aromatic rings. The number of phenolic OH excluding ortho intramolecular Hbond substituents is 1. The molecule has 29 heavy (non-hydrogen) atoms. The van der Waals surface area contributed by atoms with Crippen LogP contribution in [0.4, 0.5) is 5.69 Å². The topological polar surface area (TPSA) is 78.7 Å². The van der Waals surface area contributed by atoms with E-state index in [1.807, 2.05) is 23.1 Å². The summed E-state index contributed by atoms with van der Waals surface area (Å²) in [7, 11) is 0. The van der Waals surface area contributed by atoms with Crippen LogP contribution in [0.25, 0.3) is 5.69 Å². The van der Waals surface area contributed by atoms with Gasteiger partial charge in [0.25, 0.3) is 11.5 Å². The molecule has 1 aliphatic heterocycles. The van der Waals surface area contributed by atoms with Crippen molar-refractivity contribution in [3.05, 3.63) is 81.7 Å². The summed E-state index contributed by atoms with van der Waals surface area (Å²) in [5, 5.41) is 14.0. The number of phenols is 1. The van der Waals surface area contributed by atoms with E-state index in [1.54, 1.807) is 35.4 Å². The molecule has 2 aromatic carbocycles. The molecule has 1 amide bonds. The maximum absolute atomic E-state index is 12.7. The summed E-state index contributed by atoms with van der Waals surface area (Å²) in [6, 6.07) is 15.4. The molecule has 148 valence electrons. The van der Waals surface area contributed by atoms with Crippen LogP contribution in [-0.4, -0.2) is 51.9 Å². The average molecular weight is 411 g/mol. The van der Waals surface area contributed by atoms with E-state index < -0.39 is 0 Å². The Kier molecular flexibility index (Phi) is 5.22. The molecule has 1 fully saturated rings. The van der Waals surface area contributed by atoms with Crippen LogP contribution in [0.3, 0.4) is 0 Å². The zero-order valence-corrected chi connectivity index (χ0v) is 16.3. The second-order valence-corrected chi connectivity index (χ2v) is 7.10. The molecular formula is C21H19ClN4O3. The molecule has 0 radical (unpaired) electrons. The van der Waals surface area contributed by atoms with Gasteiger partial charge in [-0.25, -0.2) is 0 Å². The lowest BCUT2D eigenvalue weighted by atomic mass is 10.1. The van der Waals surface area contributed by atoms with E-state index >= 15 is 0 Å². The van der Waals surface area contributed by atoms with Gasteiger partial charge in [-0.3, -0.25) is 9.59 Å². The first-order valence-electron chi connectivity index (χ1n) is 9.21. The molecule has 4 rings (SSSR count). The van der Waals surface area contributed by atoms with Crippen LogP contribution in [0.15, 0.2) is 65.6 Å². The van der Waals surface area contributed by atoms with Gasteiger partial charge in [-0.05, 0) is 30.3 Å². The second kappa shape index (κ2) is 7.97. The summed E-state index contributed by atoms with van der Waals surface area (Å²) < 4.78 is 1.27. The van der Waals surface area contributed by atoms with Crippen LogP contribution in [0.2, 0.25) is 5.02 Å². The van der Waals surface area contributed by atoms with Gasteiger partial charge in [0.05, 0.1) is 17.6 Å². The van der Waals surface area contributed by atoms with Crippen molar-refractivity contribution in [3.8, 4) is 11.4 Å². The van der Waals surface area contributed by atoms with E-state index in [9.17, 15) is 14.7 Å². The van der Waals surface area contributed by atoms with E-state index in [1.165, 1.54) is 16.8 Å². The number of anilines is 1. The highest BCUT2D eigenvalue weighted by Gasteiger charge is 2.25. The van der Waals surface area contributed by atoms with Crippen LogP contribution < -0.4 is 10.5 Å². The van der Waals surface area contributed by atoms with Crippen molar-refractivity contribution < 1.29 is 9.90 Å². The zero-order chi connectivity index (χ0) is 20.4. The highest BCUT2D eigenvalue weighted by atomic mass is 35.5. The first-order chi connectivity index (χ1) is 14.0. The van der Waals surface area contributed by atoms with Gasteiger partial charge in [-0.2, -0.15) is 9.78 Å². The van der Waals surface area contributed by atoms with Crippen LogP contribution in [0.1, 0.15) is 10.4 Å². The predicted molar refractivity (Wildman–Crippen MR) is 111 cm³/mol. The molecule has 1 aromatic heterocycles. The predicted octanol–water partition coefficient (Wildman–Crippen LogP) is 2.55. The van der Waals surface area contributed by atoms with E-state index in [0.29, 0.717) is 43.1 Å². The maximum Gasteiger partial charge on any atom is 0.292 e. The number of carbonyl (C=O) groups is 1. The smallest absolute Gasteiger partial charge is 0.292 e. The number of nitrogens with zero attached hydrogens (tertiary/aromatic N) is 4. The highest BCUT2D eigenvalue weighted by Crippen LogP contribution is 2.23. The summed E-state index contributed by atoms with van der Waals surface area (Å²) in [5.41, 5.74) is 1.28. The van der Waals surface area contributed by atoms with Gasteiger partial charge >= 0.3 is 0 Å². The molecule has 0 aliphatic carbocycles. The number of benzene rings is 2. The number of hydrogen-bond donors (Lipinski definition) is 1. The lowest BCUT2D eigenvalue weighted by Crippen LogP contribution is -2.49. The fraction of sp³-hybridized carbons (Fsp3) is 0.190. The van der Waals surface area contributed by atoms with E-state index in [0.717, 1.165) is 0 Å². The number of piperazine rings is 1. The minimum Gasteiger partial charge on any atom is -0.508 e. The maximum atomic E-state index is 12.7. The highest BCUT2D eigenvalue weighted by molar-refractivity contribution is 6.33. The molecule has 0 saturated carbocycles. The van der Waals surface area contributed by atoms with Crippen molar-refractivity contribution in [1.29, 1.82) is 0 Å². The van der Waals surface area contributed by atoms with E-state index in [-0.39, 0.29) is 22.2 Å². The third kappa shape index (κ3) is 3.82. The van der Waals surface area contributed by atoms with Gasteiger partial charge in [-0.15, -0.1) is 0 Å². The number of rotatable bonds is 3. The molecule has 1 saturated heterocycles. The molecule has 1 aliphatic rings. The van der Waals surface area contributed by atoms with Crippen LogP contribution in [0.5, 0.6) is 5.75 Å². The lowest BCUT2D eigenvalue weighted by molar-refractivity contribution is 0.0746. The molecule has 0 bridgehead atoms. The quantitative estimate of drug-likeness (QED) is 0.718. The lowest BCUT2D eigenvalue weighted by Gasteiger charge is -2.36. The Hall–Kier alpha value is -3.32. The number of carbonyl (C=O) groups excluding carboxylic acids is 1. The Bertz CT molecular complexity index is 1090. The number of amides is 1. The summed E-state index contributed by atoms with van der Waals surface area (Å²) in [6.07, 6.45) is 1.59. The standard InChI is InChI=1S/C21H19ClN4O3/c22-19-18(14-23-26(21(19)29)16-6-2-1-3-7-16)24-9-11-25(12-10-24)20(28)15-5-4-8-17(27)13-15/h1-8,13-14,27H,9-12H2. The second-order valence-electron chi connectivity index (χ2n) is 6.73. The third-order valence-electron chi connectivity index (χ3n) is 4.90. The van der Waals surface area contributed by atoms with Crippen molar-refractivity contribution in [2.75, 3.05) is 31.1 Å². The summed E-state index contributed by atoms with van der Waals surface area (Å²) in [5.74, 6) is -0.0735. The Morgan fingerprint density at radius 3 is 2.41 bits per heavy atom. The molecular weight excluding hydrogens is 392 g/mol. The number of para-hydroxylation sites is 1. The average Bonchev–Trinajstić information content (AvgIpc) is 2.76. The Labute approximate surface area is 172 Å². The van der Waals surface area contributed by atoms with Crippen molar-refractivity contribution in [2.45, 2.75) is 0 Å². The number of aromatic nitrogens is 2. The summed E-state index contributed by atoms with van der Waals surface area (Å²) >= 11 is 6.37. The Morgan fingerprint density at radius 2 is 1.72 bits per heavy atom. The van der Waals surface area contributed by atoms with Gasteiger partial charge in [0.15, 0.2) is 0 Å². The van der Waals surface area contributed by atoms with Gasteiger partial charge in [-0.1, -0.05) is 35.9 Å². The summed E-state index contributed by atoms with van der Waals surface area (Å²) in [6.45, 7) is 2.01. The molecule has 7 nitrogen and oxygen atoms in total. The Balaban J connectivity index is 1.50. The van der Waals surface area contributed by atoms with Crippen molar-refractivity contribution >= 4 is 23.2 Å². The number of aromatic hydroxyl groups is 1. The third-order valence-corrected chi connectivity index (χ3v) is 5.26. The fourth-order valence-corrected chi connectivity index (χ4v) is 3.62. The molecule has 8 heteroatoms. The van der Waals surface area contributed by atoms with E-state index in [4.69, 9.17) is 11.6 Å². The van der Waals surface area contributed by atoms with E-state index in [2.05, 4.69) is 5.10 Å². The molecule has 0 atom stereocenters. The normalized spacial score (nSPS) is 14.1. The van der Waals surface area contributed by atoms with Gasteiger partial charge in [0.2, 0.25) is 0 Å². The van der Waals surface area contributed by atoms with Crippen LogP contribution in [0, 0.1) is 0 Å². The van der Waals surface area contributed by atoms with Crippen LogP contribution >= 0.6 is 11.6 Å². The van der Waals surface area contributed by atoms with Crippen molar-refractivity contribution in [1.82, 2.24) is 14.7 Å². The Morgan fingerprint density at radius 1 is 1.00 bits per heavy atom. The molecule has 0 unspecified atom stereocenters. The molecule has 1 N–H and O–H groups in total. The fourth-order valence-electron chi connectivity index (χ4n) is 3.37. The number of halogens is 1. The molecule has 0 spiro atoms.